The van der Waals surface area contributed by atoms with E-state index in [1.807, 2.05) is 24.8 Å². The van der Waals surface area contributed by atoms with E-state index in [0.717, 1.165) is 201 Å². The number of aromatic nitrogens is 16. The number of fused-ring (bicyclic) bond motifs is 24. The summed E-state index contributed by atoms with van der Waals surface area (Å²) in [5.74, 6) is 15.0. The molecule has 4 aliphatic heterocycles. The lowest BCUT2D eigenvalue weighted by Crippen LogP contribution is -2.10. The number of imidazole rings is 8. The second-order valence-corrected chi connectivity index (χ2v) is 37.8. The van der Waals surface area contributed by atoms with Crippen LogP contribution in [-0.2, 0) is 52.1 Å². The molecule has 18 aromatic rings. The van der Waals surface area contributed by atoms with Crippen molar-refractivity contribution in [3.05, 3.63) is 262 Å². The second-order valence-electron chi connectivity index (χ2n) is 37.8. The molecule has 10 aromatic carbocycles. The Labute approximate surface area is 744 Å². The standard InChI is InChI=1S/C27H28N4O.2C27H26N4O.C27H28N4O/c3*1-14(2)26-28-12-23(30-26)17-5-7-19-18(9-17)13-32-24-11-20-16(10-21(19)24)6-8-22-25(20)31-27(29-22)15(3)4;1-14(2)26-28-12-23(30-26)17-5-7-19-20-9-16-6-8-22-25(31-27(29-22)15(3)4)21(16)10-18(20)13-32-24(19)11-17/h5,7,9-12,14-15H,6,8,13H2,1-4H3,(H,28,30)(H,29,31);2*5-12,14-15H,13H2,1-4H3,(H,28,30)(H,29,31);5,7,9-12,14-15H,6,8,13H2,1-4H3,(H,28,30)(H,29,31). The van der Waals surface area contributed by atoms with Crippen molar-refractivity contribution in [1.82, 2.24) is 79.7 Å². The Balaban J connectivity index is 0.000000104. The highest BCUT2D eigenvalue weighted by Crippen LogP contribution is 2.50. The molecule has 0 atom stereocenters. The molecule has 8 N–H and O–H groups in total. The zero-order valence-corrected chi connectivity index (χ0v) is 75.7. The van der Waals surface area contributed by atoms with Crippen LogP contribution in [0.15, 0.2) is 170 Å². The fraction of sp³-hybridized carbons (Fsp3) is 0.296. The van der Waals surface area contributed by atoms with Crippen molar-refractivity contribution in [1.29, 1.82) is 0 Å². The third-order valence-corrected chi connectivity index (χ3v) is 26.1. The predicted molar refractivity (Wildman–Crippen MR) is 512 cm³/mol. The number of H-pyrrole nitrogens is 8. The molecule has 0 spiro atoms. The molecule has 6 aliphatic rings. The Morgan fingerprint density at radius 3 is 0.930 bits per heavy atom. The summed E-state index contributed by atoms with van der Waals surface area (Å²) in [6, 6.07) is 52.9. The summed E-state index contributed by atoms with van der Waals surface area (Å²) in [5, 5.41) is 4.61. The lowest BCUT2D eigenvalue weighted by Gasteiger charge is -2.25. The van der Waals surface area contributed by atoms with Crippen LogP contribution in [-0.4, -0.2) is 79.7 Å². The Kier molecular flexibility index (Phi) is 20.4. The van der Waals surface area contributed by atoms with Crippen LogP contribution in [0.1, 0.15) is 249 Å². The van der Waals surface area contributed by atoms with Crippen LogP contribution in [0.5, 0.6) is 23.0 Å². The van der Waals surface area contributed by atoms with Crippen molar-refractivity contribution < 1.29 is 18.9 Å². The van der Waals surface area contributed by atoms with E-state index in [9.17, 15) is 0 Å². The Hall–Kier alpha value is -13.9. The molecule has 0 radical (unpaired) electrons. The fourth-order valence-electron chi connectivity index (χ4n) is 18.7. The summed E-state index contributed by atoms with van der Waals surface area (Å²) < 4.78 is 24.9. The van der Waals surface area contributed by atoms with E-state index in [0.29, 0.717) is 73.8 Å². The molecule has 0 bridgehead atoms. The van der Waals surface area contributed by atoms with Gasteiger partial charge in [0.05, 0.1) is 81.0 Å². The van der Waals surface area contributed by atoms with Crippen LogP contribution < -0.4 is 18.9 Å². The van der Waals surface area contributed by atoms with Gasteiger partial charge in [0, 0.05) is 108 Å². The largest absolute Gasteiger partial charge is 0.488 e. The second kappa shape index (κ2) is 32.2. The molecule has 12 heterocycles. The number of aromatic amines is 8. The molecule has 20 heteroatoms. The predicted octanol–water partition coefficient (Wildman–Crippen LogP) is 26.6. The zero-order chi connectivity index (χ0) is 87.9. The summed E-state index contributed by atoms with van der Waals surface area (Å²) in [7, 11) is 0. The maximum Gasteiger partial charge on any atom is 0.128 e. The van der Waals surface area contributed by atoms with Gasteiger partial charge in [-0.2, -0.15) is 0 Å². The maximum absolute atomic E-state index is 6.26. The molecule has 8 aromatic heterocycles. The van der Waals surface area contributed by atoms with Crippen molar-refractivity contribution >= 4 is 43.6 Å². The van der Waals surface area contributed by atoms with Crippen LogP contribution in [0.25, 0.3) is 156 Å². The molecule has 0 fully saturated rings. The normalized spacial score (nSPS) is 13.6. The van der Waals surface area contributed by atoms with Crippen LogP contribution in [0.2, 0.25) is 0 Å². The van der Waals surface area contributed by atoms with Crippen LogP contribution in [0, 0.1) is 0 Å². The van der Waals surface area contributed by atoms with Gasteiger partial charge >= 0.3 is 0 Å². The number of ether oxygens (including phenoxy) is 4. The SMILES string of the molecule is CC(C)c1ncc(-c2ccc3c(c2)COc2cc4c(cc2-3)CCc2[nH]c(C(C)C)nc2-4)[nH]1.CC(C)c1ncc(-c2ccc3c(c2)COc2cc4c(ccc5[nH]c(C(C)C)nc54)cc2-3)[nH]1.CC(C)c1ncc(-c2ccc3c(c2)COc2cc4c(ccc5[nH]c(C(C)C)nc54)cc2-3)[nH]1.CC(C)c1ncc(-c2ccc3c(c2)OCc2cc4c(cc2-3)CCc2[nH]c(C(C)C)nc2-4)[nH]1. The summed E-state index contributed by atoms with van der Waals surface area (Å²) >= 11 is 0. The highest BCUT2D eigenvalue weighted by Gasteiger charge is 2.32. The number of nitrogens with zero attached hydrogens (tertiary/aromatic N) is 8. The van der Waals surface area contributed by atoms with Gasteiger partial charge in [-0.05, 0) is 200 Å². The molecule has 2 aliphatic carbocycles. The van der Waals surface area contributed by atoms with Crippen molar-refractivity contribution in [2.24, 2.45) is 0 Å². The number of nitrogens with one attached hydrogen (secondary N) is 8. The summed E-state index contributed by atoms with van der Waals surface area (Å²) in [4.78, 5) is 65.5. The molecular weight excluding hydrogens is 1590 g/mol. The van der Waals surface area contributed by atoms with E-state index in [-0.39, 0.29) is 0 Å². The van der Waals surface area contributed by atoms with E-state index in [1.54, 1.807) is 0 Å². The lowest BCUT2D eigenvalue weighted by atomic mass is 9.85. The first kappa shape index (κ1) is 81.2. The smallest absolute Gasteiger partial charge is 0.128 e. The topological polar surface area (TPSA) is 266 Å². The van der Waals surface area contributed by atoms with Crippen molar-refractivity contribution in [3.63, 3.8) is 0 Å². The first-order valence-corrected chi connectivity index (χ1v) is 45.6. The first-order chi connectivity index (χ1) is 61.9. The third-order valence-electron chi connectivity index (χ3n) is 26.1. The molecule has 0 saturated carbocycles. The minimum Gasteiger partial charge on any atom is -0.488 e. The summed E-state index contributed by atoms with van der Waals surface area (Å²) in [6.07, 6.45) is 11.8. The zero-order valence-electron chi connectivity index (χ0n) is 75.7. The van der Waals surface area contributed by atoms with E-state index < -0.39 is 0 Å². The molecule has 644 valence electrons. The van der Waals surface area contributed by atoms with E-state index in [1.165, 1.54) is 94.5 Å². The van der Waals surface area contributed by atoms with Gasteiger partial charge in [-0.15, -0.1) is 0 Å². The summed E-state index contributed by atoms with van der Waals surface area (Å²) in [5.41, 5.74) is 37.3. The van der Waals surface area contributed by atoms with Crippen molar-refractivity contribution in [2.45, 2.75) is 210 Å². The average Bonchev–Trinajstić information content (AvgIpc) is 1.72. The van der Waals surface area contributed by atoms with E-state index in [2.05, 4.69) is 316 Å². The third kappa shape index (κ3) is 14.8. The van der Waals surface area contributed by atoms with Gasteiger partial charge in [-0.3, -0.25) is 0 Å². The molecule has 24 rings (SSSR count). The Morgan fingerprint density at radius 2 is 0.555 bits per heavy atom. The van der Waals surface area contributed by atoms with Crippen molar-refractivity contribution in [3.8, 4) is 135 Å². The molecule has 0 unspecified atom stereocenters. The highest BCUT2D eigenvalue weighted by atomic mass is 16.5. The van der Waals surface area contributed by atoms with Gasteiger partial charge in [0.25, 0.3) is 0 Å². The van der Waals surface area contributed by atoms with E-state index in [4.69, 9.17) is 38.9 Å². The van der Waals surface area contributed by atoms with Gasteiger partial charge in [-0.25, -0.2) is 39.9 Å². The molecule has 0 amide bonds. The minimum atomic E-state index is 0.360. The molecule has 20 nitrogen and oxygen atoms in total. The number of benzene rings is 10. The Morgan fingerprint density at radius 1 is 0.242 bits per heavy atom. The Bertz CT molecular complexity index is 6970. The summed E-state index contributed by atoms with van der Waals surface area (Å²) in [6.45, 7) is 36.8. The first-order valence-electron chi connectivity index (χ1n) is 45.6. The minimum absolute atomic E-state index is 0.360. The highest BCUT2D eigenvalue weighted by molar-refractivity contribution is 6.08. The van der Waals surface area contributed by atoms with Gasteiger partial charge in [0.2, 0.25) is 0 Å². The van der Waals surface area contributed by atoms with Crippen molar-refractivity contribution in [2.75, 3.05) is 0 Å². The van der Waals surface area contributed by atoms with Gasteiger partial charge in [-0.1, -0.05) is 165 Å². The maximum atomic E-state index is 6.26. The van der Waals surface area contributed by atoms with E-state index >= 15 is 0 Å². The molecule has 0 saturated heterocycles. The lowest BCUT2D eigenvalue weighted by molar-refractivity contribution is 0.302. The monoisotopic (exact) mass is 1690 g/mol. The fourth-order valence-corrected chi connectivity index (χ4v) is 18.7. The molecule has 128 heavy (non-hydrogen) atoms. The molecular formula is C108H108N16O4. The number of hydrogen-bond acceptors (Lipinski definition) is 12. The van der Waals surface area contributed by atoms with Crippen LogP contribution in [0.3, 0.4) is 0 Å². The van der Waals surface area contributed by atoms with Crippen LogP contribution >= 0.6 is 0 Å². The van der Waals surface area contributed by atoms with Crippen LogP contribution in [0.4, 0.5) is 0 Å². The number of hydrogen-bond donors (Lipinski definition) is 8. The van der Waals surface area contributed by atoms with Gasteiger partial charge in [0.15, 0.2) is 0 Å². The van der Waals surface area contributed by atoms with Gasteiger partial charge < -0.3 is 58.8 Å². The number of rotatable bonds is 12. The number of aryl methyl sites for hydroxylation is 4. The van der Waals surface area contributed by atoms with Gasteiger partial charge in [0.1, 0.15) is 96.0 Å². The average molecular weight is 1690 g/mol. The quantitative estimate of drug-likeness (QED) is 0.0568.